The maximum absolute atomic E-state index is 11.8. The van der Waals surface area contributed by atoms with Gasteiger partial charge in [-0.3, -0.25) is 14.2 Å². The van der Waals surface area contributed by atoms with Gasteiger partial charge in [0, 0.05) is 11.1 Å². The molecule has 0 aliphatic heterocycles. The number of benzene rings is 2. The molecule has 21 heavy (non-hydrogen) atoms. The van der Waals surface area contributed by atoms with Gasteiger partial charge in [0.2, 0.25) is 11.6 Å². The fourth-order valence-corrected chi connectivity index (χ4v) is 1.46. The number of rotatable bonds is 3. The molecular weight excluding hydrogens is 295 g/mol. The van der Waals surface area contributed by atoms with Crippen LogP contribution >= 0.6 is 8.25 Å². The SMILES string of the molecule is O=C(C(=O)c1ccc(O)cc1)c1ccccc1.O=[PH](O)O. The molecule has 3 N–H and O–H groups in total. The predicted molar refractivity (Wildman–Crippen MR) is 76.6 cm³/mol. The Balaban J connectivity index is 0.000000491. The molecule has 0 aliphatic carbocycles. The van der Waals surface area contributed by atoms with Crippen LogP contribution in [0, 0.1) is 0 Å². The average Bonchev–Trinajstić information content (AvgIpc) is 2.47. The van der Waals surface area contributed by atoms with Crippen molar-refractivity contribution in [3.05, 3.63) is 65.7 Å². The summed E-state index contributed by atoms with van der Waals surface area (Å²) >= 11 is 0. The summed E-state index contributed by atoms with van der Waals surface area (Å²) in [6.07, 6.45) is 0. The highest BCUT2D eigenvalue weighted by atomic mass is 31.1. The van der Waals surface area contributed by atoms with Crippen LogP contribution in [-0.4, -0.2) is 26.5 Å². The Morgan fingerprint density at radius 2 is 1.14 bits per heavy atom. The normalized spacial score (nSPS) is 9.67. The van der Waals surface area contributed by atoms with E-state index in [0.717, 1.165) is 0 Å². The van der Waals surface area contributed by atoms with Gasteiger partial charge >= 0.3 is 8.25 Å². The van der Waals surface area contributed by atoms with E-state index in [-0.39, 0.29) is 11.3 Å². The largest absolute Gasteiger partial charge is 0.508 e. The molecular formula is C14H13O6P. The number of carbonyl (C=O) groups excluding carboxylic acids is 2. The van der Waals surface area contributed by atoms with Crippen LogP contribution in [0.3, 0.4) is 0 Å². The summed E-state index contributed by atoms with van der Waals surface area (Å²) in [5.74, 6) is -1.05. The lowest BCUT2D eigenvalue weighted by atomic mass is 10.0. The number of ketones is 2. The number of phenolic OH excluding ortho intramolecular Hbond substituents is 1. The summed E-state index contributed by atoms with van der Waals surface area (Å²) in [6.45, 7) is 0. The third-order valence-corrected chi connectivity index (χ3v) is 2.37. The molecule has 2 aromatic carbocycles. The fraction of sp³-hybridized carbons (Fsp3) is 0. The monoisotopic (exact) mass is 308 g/mol. The zero-order valence-corrected chi connectivity index (χ0v) is 11.8. The van der Waals surface area contributed by atoms with Crippen LogP contribution in [0.4, 0.5) is 0 Å². The quantitative estimate of drug-likeness (QED) is 0.453. The van der Waals surface area contributed by atoms with Crippen LogP contribution in [0.25, 0.3) is 0 Å². The van der Waals surface area contributed by atoms with Crippen LogP contribution in [0.15, 0.2) is 54.6 Å². The molecule has 0 amide bonds. The van der Waals surface area contributed by atoms with Crippen molar-refractivity contribution >= 4 is 19.8 Å². The summed E-state index contributed by atoms with van der Waals surface area (Å²) in [5, 5.41) is 9.10. The highest BCUT2D eigenvalue weighted by molar-refractivity contribution is 7.30. The van der Waals surface area contributed by atoms with Crippen molar-refractivity contribution < 1.29 is 29.0 Å². The second-order valence-corrected chi connectivity index (χ2v) is 4.42. The molecule has 2 aromatic rings. The Morgan fingerprint density at radius 1 is 0.762 bits per heavy atom. The zero-order valence-electron chi connectivity index (χ0n) is 10.8. The molecule has 0 atom stereocenters. The van der Waals surface area contributed by atoms with Gasteiger partial charge < -0.3 is 14.9 Å². The molecule has 0 saturated heterocycles. The van der Waals surface area contributed by atoms with Gasteiger partial charge in [-0.1, -0.05) is 30.3 Å². The highest BCUT2D eigenvalue weighted by Crippen LogP contribution is 2.12. The first-order valence-electron chi connectivity index (χ1n) is 5.77. The molecule has 0 unspecified atom stereocenters. The van der Waals surface area contributed by atoms with Gasteiger partial charge in [-0.25, -0.2) is 0 Å². The molecule has 0 fully saturated rings. The third-order valence-electron chi connectivity index (χ3n) is 2.37. The third kappa shape index (κ3) is 5.71. The summed E-state index contributed by atoms with van der Waals surface area (Å²) in [5.41, 5.74) is 0.641. The second-order valence-electron chi connectivity index (χ2n) is 3.85. The molecule has 0 spiro atoms. The first kappa shape index (κ1) is 16.8. The highest BCUT2D eigenvalue weighted by Gasteiger charge is 2.17. The van der Waals surface area contributed by atoms with Crippen molar-refractivity contribution in [1.82, 2.24) is 0 Å². The van der Waals surface area contributed by atoms with Gasteiger partial charge in [-0.05, 0) is 24.3 Å². The molecule has 110 valence electrons. The van der Waals surface area contributed by atoms with E-state index in [1.54, 1.807) is 30.3 Å². The Kier molecular flexibility index (Phi) is 6.49. The number of aromatic hydroxyl groups is 1. The van der Waals surface area contributed by atoms with Crippen LogP contribution in [0.1, 0.15) is 20.7 Å². The summed E-state index contributed by atoms with van der Waals surface area (Å²) < 4.78 is 8.74. The Morgan fingerprint density at radius 3 is 1.57 bits per heavy atom. The summed E-state index contributed by atoms with van der Waals surface area (Å²) in [7, 11) is -3.13. The van der Waals surface area contributed by atoms with Crippen molar-refractivity contribution in [3.8, 4) is 5.75 Å². The number of hydrogen-bond acceptors (Lipinski definition) is 4. The van der Waals surface area contributed by atoms with Crippen LogP contribution in [-0.2, 0) is 4.57 Å². The van der Waals surface area contributed by atoms with Gasteiger partial charge in [-0.2, -0.15) is 0 Å². The fourth-order valence-electron chi connectivity index (χ4n) is 1.46. The van der Waals surface area contributed by atoms with E-state index in [1.165, 1.54) is 24.3 Å². The van der Waals surface area contributed by atoms with Crippen molar-refractivity contribution in [2.75, 3.05) is 0 Å². The molecule has 2 rings (SSSR count). The van der Waals surface area contributed by atoms with E-state index in [2.05, 4.69) is 0 Å². The standard InChI is InChI=1S/C14H10O3.H3O3P/c15-12-8-6-11(7-9-12)14(17)13(16)10-4-2-1-3-5-10;1-4(2)3/h1-9,15H;4H,(H2,1,2,3). The molecule has 0 saturated carbocycles. The lowest BCUT2D eigenvalue weighted by Gasteiger charge is -2.00. The molecule has 0 heterocycles. The lowest BCUT2D eigenvalue weighted by Crippen LogP contribution is -2.14. The number of Topliss-reactive ketones (excluding diaryl/α,β-unsaturated/α-hetero) is 2. The maximum atomic E-state index is 11.8. The average molecular weight is 308 g/mol. The van der Waals surface area contributed by atoms with Crippen LogP contribution in [0.5, 0.6) is 5.75 Å². The van der Waals surface area contributed by atoms with Crippen LogP contribution in [0.2, 0.25) is 0 Å². The van der Waals surface area contributed by atoms with Crippen molar-refractivity contribution in [1.29, 1.82) is 0 Å². The van der Waals surface area contributed by atoms with E-state index in [1.807, 2.05) is 0 Å². The van der Waals surface area contributed by atoms with Gasteiger partial charge in [-0.15, -0.1) is 0 Å². The van der Waals surface area contributed by atoms with E-state index in [9.17, 15) is 9.59 Å². The summed E-state index contributed by atoms with van der Waals surface area (Å²) in [6, 6.07) is 14.0. The Bertz CT molecular complexity index is 632. The molecule has 6 nitrogen and oxygen atoms in total. The molecule has 7 heteroatoms. The summed E-state index contributed by atoms with van der Waals surface area (Å²) in [4.78, 5) is 38.0. The van der Waals surface area contributed by atoms with Gasteiger partial charge in [0.15, 0.2) is 0 Å². The van der Waals surface area contributed by atoms with Crippen molar-refractivity contribution in [2.45, 2.75) is 0 Å². The van der Waals surface area contributed by atoms with Crippen LogP contribution < -0.4 is 0 Å². The van der Waals surface area contributed by atoms with E-state index in [0.29, 0.717) is 5.56 Å². The minimum atomic E-state index is -3.13. The molecule has 0 aliphatic rings. The van der Waals surface area contributed by atoms with Crippen molar-refractivity contribution in [2.24, 2.45) is 0 Å². The molecule has 0 aromatic heterocycles. The van der Waals surface area contributed by atoms with E-state index in [4.69, 9.17) is 19.5 Å². The minimum absolute atomic E-state index is 0.0636. The number of phenols is 1. The van der Waals surface area contributed by atoms with E-state index < -0.39 is 19.8 Å². The van der Waals surface area contributed by atoms with Gasteiger partial charge in [0.05, 0.1) is 0 Å². The molecule has 0 bridgehead atoms. The zero-order chi connectivity index (χ0) is 15.8. The first-order valence-corrected chi connectivity index (χ1v) is 7.07. The van der Waals surface area contributed by atoms with Gasteiger partial charge in [0.1, 0.15) is 5.75 Å². The second kappa shape index (κ2) is 8.11. The van der Waals surface area contributed by atoms with E-state index >= 15 is 0 Å². The maximum Gasteiger partial charge on any atom is 0.314 e. The topological polar surface area (TPSA) is 112 Å². The predicted octanol–water partition coefficient (Wildman–Crippen LogP) is 1.82. The first-order chi connectivity index (χ1) is 9.91. The Hall–Kier alpha value is -2.27. The van der Waals surface area contributed by atoms with Gasteiger partial charge in [0.25, 0.3) is 0 Å². The Labute approximate surface area is 121 Å². The van der Waals surface area contributed by atoms with Crippen molar-refractivity contribution in [3.63, 3.8) is 0 Å². The lowest BCUT2D eigenvalue weighted by molar-refractivity contribution is 0.0817. The minimum Gasteiger partial charge on any atom is -0.508 e. The molecule has 0 radical (unpaired) electrons. The smallest absolute Gasteiger partial charge is 0.314 e. The number of hydrogen-bond donors (Lipinski definition) is 3. The number of carbonyl (C=O) groups is 2.